The number of likely N-dealkylation sites (tertiary alicyclic amines) is 1. The van der Waals surface area contributed by atoms with Crippen LogP contribution in [0.3, 0.4) is 0 Å². The van der Waals surface area contributed by atoms with Crippen molar-refractivity contribution in [2.75, 3.05) is 32.1 Å². The average molecular weight is 368 g/mol. The van der Waals surface area contributed by atoms with Gasteiger partial charge in [-0.15, -0.1) is 0 Å². The monoisotopic (exact) mass is 368 g/mol. The lowest BCUT2D eigenvalue weighted by Crippen LogP contribution is -2.40. The number of carbonyl (C=O) groups is 1. The zero-order valence-corrected chi connectivity index (χ0v) is 15.4. The van der Waals surface area contributed by atoms with Crippen molar-refractivity contribution < 1.29 is 19.0 Å². The van der Waals surface area contributed by atoms with Crippen LogP contribution in [0.1, 0.15) is 12.8 Å². The highest BCUT2D eigenvalue weighted by atomic mass is 16.6. The van der Waals surface area contributed by atoms with Crippen molar-refractivity contribution in [3.05, 3.63) is 48.5 Å². The fraction of sp³-hybridized carbons (Fsp3) is 0.381. The Hall–Kier alpha value is -2.73. The zero-order chi connectivity index (χ0) is 18.6. The molecule has 142 valence electrons. The molecular weight excluding hydrogens is 344 g/mol. The number of anilines is 1. The number of amides is 1. The number of rotatable bonds is 4. The van der Waals surface area contributed by atoms with Gasteiger partial charge in [-0.25, -0.2) is 0 Å². The Morgan fingerprint density at radius 1 is 1.07 bits per heavy atom. The van der Waals surface area contributed by atoms with Crippen LogP contribution in [0.25, 0.3) is 0 Å². The van der Waals surface area contributed by atoms with Crippen LogP contribution >= 0.6 is 0 Å². The smallest absolute Gasteiger partial charge is 0.269 e. The van der Waals surface area contributed by atoms with Gasteiger partial charge < -0.3 is 24.4 Å². The fourth-order valence-electron chi connectivity index (χ4n) is 3.28. The summed E-state index contributed by atoms with van der Waals surface area (Å²) in [5.74, 6) is 1.85. The van der Waals surface area contributed by atoms with Crippen molar-refractivity contribution >= 4 is 11.6 Å². The van der Waals surface area contributed by atoms with E-state index in [2.05, 4.69) is 17.3 Å². The van der Waals surface area contributed by atoms with Crippen LogP contribution in [0.15, 0.2) is 48.5 Å². The molecule has 0 aliphatic carbocycles. The number of hydrogen-bond acceptors (Lipinski definition) is 5. The van der Waals surface area contributed by atoms with E-state index in [1.54, 1.807) is 6.07 Å². The molecule has 1 amide bonds. The van der Waals surface area contributed by atoms with E-state index in [-0.39, 0.29) is 18.6 Å². The number of benzene rings is 2. The molecule has 4 rings (SSSR count). The summed E-state index contributed by atoms with van der Waals surface area (Å²) in [5, 5.41) is 2.87. The van der Waals surface area contributed by atoms with Crippen LogP contribution in [-0.4, -0.2) is 49.8 Å². The molecule has 6 heteroatoms. The van der Waals surface area contributed by atoms with E-state index >= 15 is 0 Å². The summed E-state index contributed by atoms with van der Waals surface area (Å²) in [6.07, 6.45) is 1.66. The molecule has 1 saturated heterocycles. The molecule has 0 radical (unpaired) electrons. The Kier molecular flexibility index (Phi) is 5.16. The van der Waals surface area contributed by atoms with Crippen molar-refractivity contribution in [2.24, 2.45) is 0 Å². The molecular formula is C21H24N2O4. The Labute approximate surface area is 159 Å². The van der Waals surface area contributed by atoms with Crippen LogP contribution in [0, 0.1) is 0 Å². The molecule has 1 fully saturated rings. The summed E-state index contributed by atoms with van der Waals surface area (Å²) in [5.41, 5.74) is 0.707. The minimum absolute atomic E-state index is 0.195. The van der Waals surface area contributed by atoms with Gasteiger partial charge in [0.05, 0.1) is 0 Å². The summed E-state index contributed by atoms with van der Waals surface area (Å²) in [7, 11) is 2.13. The molecule has 0 unspecified atom stereocenters. The first-order chi connectivity index (χ1) is 13.2. The number of hydrogen-bond donors (Lipinski definition) is 1. The molecule has 27 heavy (non-hydrogen) atoms. The normalized spacial score (nSPS) is 20.1. The highest BCUT2D eigenvalue weighted by Gasteiger charge is 2.27. The Balaban J connectivity index is 1.31. The van der Waals surface area contributed by atoms with Crippen LogP contribution in [0.4, 0.5) is 5.69 Å². The molecule has 1 atom stereocenters. The SMILES string of the molecule is CN1CCC(Oc2ccc(NC(=O)[C@@H]3COc4ccccc4O3)cc2)CC1. The average Bonchev–Trinajstić information content (AvgIpc) is 2.71. The predicted molar refractivity (Wildman–Crippen MR) is 103 cm³/mol. The summed E-state index contributed by atoms with van der Waals surface area (Å²) in [6.45, 7) is 2.32. The standard InChI is InChI=1S/C21H24N2O4/c1-23-12-10-17(11-13-23)26-16-8-6-15(7-9-16)22-21(24)20-14-25-18-4-2-3-5-19(18)27-20/h2-9,17,20H,10-14H2,1H3,(H,22,24)/t20-/m0/s1. The molecule has 0 aromatic heterocycles. The van der Waals surface area contributed by atoms with E-state index in [4.69, 9.17) is 14.2 Å². The summed E-state index contributed by atoms with van der Waals surface area (Å²) in [4.78, 5) is 14.8. The van der Waals surface area contributed by atoms with Crippen molar-refractivity contribution in [3.63, 3.8) is 0 Å². The number of carbonyl (C=O) groups excluding carboxylic acids is 1. The minimum Gasteiger partial charge on any atom is -0.490 e. The Morgan fingerprint density at radius 2 is 1.78 bits per heavy atom. The lowest BCUT2D eigenvalue weighted by Gasteiger charge is -2.29. The van der Waals surface area contributed by atoms with Gasteiger partial charge in [-0.05, 0) is 56.3 Å². The maximum atomic E-state index is 12.5. The molecule has 0 bridgehead atoms. The predicted octanol–water partition coefficient (Wildman–Crippen LogP) is 2.94. The van der Waals surface area contributed by atoms with Crippen LogP contribution < -0.4 is 19.5 Å². The fourth-order valence-corrected chi connectivity index (χ4v) is 3.28. The van der Waals surface area contributed by atoms with E-state index in [9.17, 15) is 4.79 Å². The van der Waals surface area contributed by atoms with Gasteiger partial charge in [-0.2, -0.15) is 0 Å². The first kappa shape index (κ1) is 17.7. The van der Waals surface area contributed by atoms with Crippen LogP contribution in [0.2, 0.25) is 0 Å². The number of piperidine rings is 1. The van der Waals surface area contributed by atoms with Gasteiger partial charge >= 0.3 is 0 Å². The number of ether oxygens (including phenoxy) is 3. The van der Waals surface area contributed by atoms with E-state index < -0.39 is 6.10 Å². The molecule has 0 spiro atoms. The van der Waals surface area contributed by atoms with Gasteiger partial charge in [0.15, 0.2) is 11.5 Å². The van der Waals surface area contributed by atoms with E-state index in [1.807, 2.05) is 42.5 Å². The first-order valence-electron chi connectivity index (χ1n) is 9.32. The second-order valence-corrected chi connectivity index (χ2v) is 7.00. The second-order valence-electron chi connectivity index (χ2n) is 7.00. The molecule has 2 aromatic carbocycles. The van der Waals surface area contributed by atoms with Gasteiger partial charge in [-0.3, -0.25) is 4.79 Å². The largest absolute Gasteiger partial charge is 0.490 e. The zero-order valence-electron chi connectivity index (χ0n) is 15.4. The Bertz CT molecular complexity index is 785. The number of nitrogens with zero attached hydrogens (tertiary/aromatic N) is 1. The van der Waals surface area contributed by atoms with Crippen molar-refractivity contribution in [2.45, 2.75) is 25.0 Å². The van der Waals surface area contributed by atoms with E-state index in [0.717, 1.165) is 31.7 Å². The summed E-state index contributed by atoms with van der Waals surface area (Å²) < 4.78 is 17.4. The van der Waals surface area contributed by atoms with Gasteiger partial charge in [0.2, 0.25) is 6.10 Å². The van der Waals surface area contributed by atoms with Crippen molar-refractivity contribution in [1.82, 2.24) is 4.90 Å². The molecule has 1 N–H and O–H groups in total. The van der Waals surface area contributed by atoms with Gasteiger partial charge in [0.25, 0.3) is 5.91 Å². The highest BCUT2D eigenvalue weighted by molar-refractivity contribution is 5.94. The molecule has 6 nitrogen and oxygen atoms in total. The maximum absolute atomic E-state index is 12.5. The van der Waals surface area contributed by atoms with Gasteiger partial charge in [0.1, 0.15) is 18.5 Å². The third-order valence-corrected chi connectivity index (χ3v) is 4.89. The topological polar surface area (TPSA) is 60.0 Å². The molecule has 0 saturated carbocycles. The number of fused-ring (bicyclic) bond motifs is 1. The van der Waals surface area contributed by atoms with Crippen molar-refractivity contribution in [1.29, 1.82) is 0 Å². The molecule has 2 heterocycles. The van der Waals surface area contributed by atoms with Gasteiger partial charge in [-0.1, -0.05) is 12.1 Å². The third kappa shape index (κ3) is 4.34. The van der Waals surface area contributed by atoms with Crippen LogP contribution in [0.5, 0.6) is 17.2 Å². The minimum atomic E-state index is -0.671. The molecule has 2 aromatic rings. The lowest BCUT2D eigenvalue weighted by atomic mass is 10.1. The second kappa shape index (κ2) is 7.88. The highest BCUT2D eigenvalue weighted by Crippen LogP contribution is 2.31. The van der Waals surface area contributed by atoms with E-state index in [1.165, 1.54) is 0 Å². The van der Waals surface area contributed by atoms with Crippen LogP contribution in [-0.2, 0) is 4.79 Å². The summed E-state index contributed by atoms with van der Waals surface area (Å²) >= 11 is 0. The van der Waals surface area contributed by atoms with Gasteiger partial charge in [0, 0.05) is 18.8 Å². The molecule has 2 aliphatic rings. The number of nitrogens with one attached hydrogen (secondary N) is 1. The summed E-state index contributed by atoms with van der Waals surface area (Å²) in [6, 6.07) is 14.8. The van der Waals surface area contributed by atoms with Crippen molar-refractivity contribution in [3.8, 4) is 17.2 Å². The quantitative estimate of drug-likeness (QED) is 0.899. The van der Waals surface area contributed by atoms with E-state index in [0.29, 0.717) is 17.2 Å². The maximum Gasteiger partial charge on any atom is 0.269 e. The lowest BCUT2D eigenvalue weighted by molar-refractivity contribution is -0.125. The Morgan fingerprint density at radius 3 is 2.52 bits per heavy atom. The number of para-hydroxylation sites is 2. The third-order valence-electron chi connectivity index (χ3n) is 4.89. The molecule has 2 aliphatic heterocycles. The first-order valence-corrected chi connectivity index (χ1v) is 9.32.